The number of nitrogens with one attached hydrogen (secondary N) is 2. The summed E-state index contributed by atoms with van der Waals surface area (Å²) < 4.78 is 13.4. The fourth-order valence-corrected chi connectivity index (χ4v) is 1.67. The first-order chi connectivity index (χ1) is 10.0. The van der Waals surface area contributed by atoms with E-state index in [0.717, 1.165) is 18.6 Å². The van der Waals surface area contributed by atoms with Gasteiger partial charge in [-0.2, -0.15) is 4.39 Å². The number of H-pyrrole nitrogens is 1. The fourth-order valence-electron chi connectivity index (χ4n) is 1.67. The number of carbonyl (C=O) groups excluding carboxylic acids is 1. The molecule has 110 valence electrons. The Balaban J connectivity index is 2.11. The monoisotopic (exact) mass is 293 g/mol. The molecule has 1 aromatic carbocycles. The Morgan fingerprint density at radius 1 is 1.52 bits per heavy atom. The number of rotatable bonds is 5. The minimum atomic E-state index is -1.03. The highest BCUT2D eigenvalue weighted by molar-refractivity contribution is 6.01. The van der Waals surface area contributed by atoms with Crippen LogP contribution in [0.15, 0.2) is 18.2 Å². The molecule has 2 rings (SSSR count). The first kappa shape index (κ1) is 14.6. The van der Waals surface area contributed by atoms with Gasteiger partial charge in [-0.15, -0.1) is 5.10 Å². The number of aromatic amines is 1. The van der Waals surface area contributed by atoms with Crippen LogP contribution in [0.25, 0.3) is 0 Å². The largest absolute Gasteiger partial charge is 0.319 e. The number of halogens is 1. The molecule has 1 amide bonds. The summed E-state index contributed by atoms with van der Waals surface area (Å²) in [5.41, 5.74) is -0.568. The lowest BCUT2D eigenvalue weighted by molar-refractivity contribution is -0.387. The summed E-state index contributed by atoms with van der Waals surface area (Å²) in [4.78, 5) is 25.5. The molecule has 0 aliphatic carbocycles. The minimum Gasteiger partial charge on any atom is -0.319 e. The first-order valence-corrected chi connectivity index (χ1v) is 6.17. The van der Waals surface area contributed by atoms with Gasteiger partial charge < -0.3 is 5.32 Å². The van der Waals surface area contributed by atoms with Crippen LogP contribution in [0.1, 0.15) is 29.8 Å². The van der Waals surface area contributed by atoms with Crippen LogP contribution in [0.4, 0.5) is 15.8 Å². The van der Waals surface area contributed by atoms with E-state index in [1.165, 1.54) is 6.07 Å². The molecule has 0 radical (unpaired) electrons. The third kappa shape index (κ3) is 3.38. The van der Waals surface area contributed by atoms with E-state index in [0.29, 0.717) is 12.2 Å². The molecule has 1 heterocycles. The average molecular weight is 293 g/mol. The van der Waals surface area contributed by atoms with E-state index >= 15 is 0 Å². The van der Waals surface area contributed by atoms with Crippen molar-refractivity contribution < 1.29 is 14.1 Å². The maximum absolute atomic E-state index is 13.4. The number of nitro groups is 1. The van der Waals surface area contributed by atoms with Gasteiger partial charge in [-0.25, -0.2) is 4.98 Å². The zero-order valence-corrected chi connectivity index (χ0v) is 11.1. The third-order valence-corrected chi connectivity index (χ3v) is 2.62. The van der Waals surface area contributed by atoms with Crippen molar-refractivity contribution in [3.05, 3.63) is 45.8 Å². The SMILES string of the molecule is CCCc1nc(C(=O)Nc2ccc([N+](=O)[O-])c(F)c2)n[nH]1. The minimum absolute atomic E-state index is 0.0720. The van der Waals surface area contributed by atoms with Crippen LogP contribution in [-0.2, 0) is 6.42 Å². The summed E-state index contributed by atoms with van der Waals surface area (Å²) >= 11 is 0. The molecule has 0 fully saturated rings. The molecule has 2 aromatic rings. The molecule has 0 spiro atoms. The molecule has 0 aliphatic heterocycles. The predicted octanol–water partition coefficient (Wildman–Crippen LogP) is 2.06. The van der Waals surface area contributed by atoms with Crippen LogP contribution < -0.4 is 5.32 Å². The van der Waals surface area contributed by atoms with Gasteiger partial charge in [-0.05, 0) is 12.5 Å². The van der Waals surface area contributed by atoms with E-state index in [4.69, 9.17) is 0 Å². The number of hydrogen-bond acceptors (Lipinski definition) is 5. The lowest BCUT2D eigenvalue weighted by Gasteiger charge is -2.02. The summed E-state index contributed by atoms with van der Waals surface area (Å²) in [5.74, 6) is -1.14. The number of carbonyl (C=O) groups is 1. The van der Waals surface area contributed by atoms with Gasteiger partial charge in [0.1, 0.15) is 5.82 Å². The molecule has 0 atom stereocenters. The molecule has 21 heavy (non-hydrogen) atoms. The van der Waals surface area contributed by atoms with Crippen molar-refractivity contribution >= 4 is 17.3 Å². The van der Waals surface area contributed by atoms with Crippen molar-refractivity contribution in [3.8, 4) is 0 Å². The van der Waals surface area contributed by atoms with Crippen LogP contribution in [0, 0.1) is 15.9 Å². The van der Waals surface area contributed by atoms with Crippen molar-refractivity contribution in [3.63, 3.8) is 0 Å². The van der Waals surface area contributed by atoms with Crippen molar-refractivity contribution in [1.29, 1.82) is 0 Å². The number of anilines is 1. The summed E-state index contributed by atoms with van der Waals surface area (Å²) in [5, 5.41) is 19.2. The van der Waals surface area contributed by atoms with E-state index < -0.39 is 22.3 Å². The second kappa shape index (κ2) is 6.07. The Morgan fingerprint density at radius 3 is 2.90 bits per heavy atom. The molecule has 8 nitrogen and oxygen atoms in total. The number of aromatic nitrogens is 3. The van der Waals surface area contributed by atoms with Gasteiger partial charge in [0.2, 0.25) is 11.6 Å². The Kier molecular flexibility index (Phi) is 4.21. The lowest BCUT2D eigenvalue weighted by Crippen LogP contribution is -2.14. The van der Waals surface area contributed by atoms with E-state index in [-0.39, 0.29) is 11.5 Å². The standard InChI is InChI=1S/C12H12FN5O3/c1-2-3-10-15-11(17-16-10)12(19)14-7-4-5-9(18(20)21)8(13)6-7/h4-6H,2-3H2,1H3,(H,14,19)(H,15,16,17). The van der Waals surface area contributed by atoms with E-state index in [2.05, 4.69) is 20.5 Å². The molecular formula is C12H12FN5O3. The van der Waals surface area contributed by atoms with Crippen LogP contribution in [0.3, 0.4) is 0 Å². The first-order valence-electron chi connectivity index (χ1n) is 6.17. The van der Waals surface area contributed by atoms with Gasteiger partial charge in [0.05, 0.1) is 4.92 Å². The molecule has 0 saturated heterocycles. The predicted molar refractivity (Wildman–Crippen MR) is 71.4 cm³/mol. The molecular weight excluding hydrogens is 281 g/mol. The molecule has 0 aliphatic rings. The number of benzene rings is 1. The zero-order valence-electron chi connectivity index (χ0n) is 11.1. The topological polar surface area (TPSA) is 114 Å². The quantitative estimate of drug-likeness (QED) is 0.647. The van der Waals surface area contributed by atoms with Gasteiger partial charge in [0.15, 0.2) is 0 Å². The normalized spacial score (nSPS) is 10.4. The molecule has 1 aromatic heterocycles. The fraction of sp³-hybridized carbons (Fsp3) is 0.250. The van der Waals surface area contributed by atoms with Crippen LogP contribution >= 0.6 is 0 Å². The van der Waals surface area contributed by atoms with E-state index in [1.54, 1.807) is 0 Å². The highest BCUT2D eigenvalue weighted by atomic mass is 19.1. The number of nitro benzene ring substituents is 1. The Bertz CT molecular complexity index is 685. The van der Waals surface area contributed by atoms with E-state index in [1.807, 2.05) is 6.92 Å². The summed E-state index contributed by atoms with van der Waals surface area (Å²) in [6, 6.07) is 3.08. The van der Waals surface area contributed by atoms with Gasteiger partial charge in [-0.3, -0.25) is 20.0 Å². The maximum Gasteiger partial charge on any atom is 0.304 e. The average Bonchev–Trinajstić information content (AvgIpc) is 2.87. The molecule has 9 heteroatoms. The van der Waals surface area contributed by atoms with Gasteiger partial charge >= 0.3 is 5.69 Å². The van der Waals surface area contributed by atoms with Gasteiger partial charge in [-0.1, -0.05) is 6.92 Å². The number of nitrogens with zero attached hydrogens (tertiary/aromatic N) is 3. The second-order valence-electron chi connectivity index (χ2n) is 4.23. The molecule has 0 saturated carbocycles. The Labute approximate surface area is 118 Å². The maximum atomic E-state index is 13.4. The third-order valence-electron chi connectivity index (χ3n) is 2.62. The Hall–Kier alpha value is -2.84. The van der Waals surface area contributed by atoms with E-state index in [9.17, 15) is 19.3 Å². The summed E-state index contributed by atoms with van der Waals surface area (Å²) in [7, 11) is 0. The van der Waals surface area contributed by atoms with Crippen molar-refractivity contribution in [2.45, 2.75) is 19.8 Å². The van der Waals surface area contributed by atoms with Gasteiger partial charge in [0.25, 0.3) is 5.91 Å². The second-order valence-corrected chi connectivity index (χ2v) is 4.23. The highest BCUT2D eigenvalue weighted by Gasteiger charge is 2.17. The van der Waals surface area contributed by atoms with Gasteiger partial charge in [0, 0.05) is 24.2 Å². The number of amides is 1. The highest BCUT2D eigenvalue weighted by Crippen LogP contribution is 2.21. The smallest absolute Gasteiger partial charge is 0.304 e. The molecule has 0 bridgehead atoms. The van der Waals surface area contributed by atoms with Crippen LogP contribution in [-0.4, -0.2) is 26.0 Å². The van der Waals surface area contributed by atoms with Crippen LogP contribution in [0.5, 0.6) is 0 Å². The van der Waals surface area contributed by atoms with Crippen molar-refractivity contribution in [1.82, 2.24) is 15.2 Å². The van der Waals surface area contributed by atoms with Crippen molar-refractivity contribution in [2.75, 3.05) is 5.32 Å². The lowest BCUT2D eigenvalue weighted by atomic mass is 10.2. The summed E-state index contributed by atoms with van der Waals surface area (Å²) in [6.45, 7) is 1.96. The Morgan fingerprint density at radius 2 is 2.29 bits per heavy atom. The van der Waals surface area contributed by atoms with Crippen LogP contribution in [0.2, 0.25) is 0 Å². The number of aryl methyl sites for hydroxylation is 1. The molecule has 2 N–H and O–H groups in total. The van der Waals surface area contributed by atoms with Crippen molar-refractivity contribution in [2.24, 2.45) is 0 Å². The summed E-state index contributed by atoms with van der Waals surface area (Å²) in [6.07, 6.45) is 1.51. The molecule has 0 unspecified atom stereocenters. The zero-order chi connectivity index (χ0) is 15.4. The number of hydrogen-bond donors (Lipinski definition) is 2.